The quantitative estimate of drug-likeness (QED) is 0.568. The number of rotatable bonds is 6. The van der Waals surface area contributed by atoms with Crippen molar-refractivity contribution in [2.45, 2.75) is 30.6 Å². The lowest BCUT2D eigenvalue weighted by Crippen LogP contribution is -2.36. The molecule has 3 aromatic carbocycles. The van der Waals surface area contributed by atoms with Crippen LogP contribution in [0.3, 0.4) is 0 Å². The lowest BCUT2D eigenvalue weighted by Gasteiger charge is -2.30. The van der Waals surface area contributed by atoms with Crippen molar-refractivity contribution in [1.29, 1.82) is 0 Å². The molecule has 1 heterocycles. The minimum atomic E-state index is -3.76. The van der Waals surface area contributed by atoms with Crippen LogP contribution in [0.5, 0.6) is 5.75 Å². The highest BCUT2D eigenvalue weighted by Gasteiger charge is 2.35. The summed E-state index contributed by atoms with van der Waals surface area (Å²) in [5.41, 5.74) is 4.26. The predicted octanol–water partition coefficient (Wildman–Crippen LogP) is 4.85. The average Bonchev–Trinajstić information content (AvgIpc) is 3.69. The Labute approximate surface area is 194 Å². The van der Waals surface area contributed by atoms with Gasteiger partial charge in [-0.25, -0.2) is 8.42 Å². The second-order valence-corrected chi connectivity index (χ2v) is 10.3. The second-order valence-electron chi connectivity index (χ2n) is 8.57. The third-order valence-electron chi connectivity index (χ3n) is 6.24. The van der Waals surface area contributed by atoms with Crippen molar-refractivity contribution in [1.82, 2.24) is 0 Å². The number of aryl methyl sites for hydroxylation is 1. The summed E-state index contributed by atoms with van der Waals surface area (Å²) in [6.07, 6.45) is 3.72. The molecule has 0 spiro atoms. The third kappa shape index (κ3) is 4.46. The maximum absolute atomic E-state index is 13.0. The molecule has 0 radical (unpaired) electrons. The highest BCUT2D eigenvalue weighted by molar-refractivity contribution is 7.92. The lowest BCUT2D eigenvalue weighted by atomic mass is 10.0. The van der Waals surface area contributed by atoms with E-state index in [-0.39, 0.29) is 16.7 Å². The maximum atomic E-state index is 13.0. The molecule has 170 valence electrons. The van der Waals surface area contributed by atoms with Gasteiger partial charge in [-0.05, 0) is 78.8 Å². The van der Waals surface area contributed by atoms with Gasteiger partial charge in [0.1, 0.15) is 5.75 Å². The molecule has 1 amide bonds. The van der Waals surface area contributed by atoms with Crippen molar-refractivity contribution in [3.05, 3.63) is 72.3 Å². The van der Waals surface area contributed by atoms with Crippen LogP contribution in [0.25, 0.3) is 11.1 Å². The molecule has 0 bridgehead atoms. The molecule has 1 saturated carbocycles. The Kier molecular flexibility index (Phi) is 5.58. The van der Waals surface area contributed by atoms with Crippen LogP contribution >= 0.6 is 0 Å². The first-order chi connectivity index (χ1) is 15.9. The predicted molar refractivity (Wildman–Crippen MR) is 129 cm³/mol. The van der Waals surface area contributed by atoms with E-state index in [4.69, 9.17) is 4.74 Å². The topological polar surface area (TPSA) is 75.7 Å². The number of anilines is 2. The van der Waals surface area contributed by atoms with E-state index < -0.39 is 10.0 Å². The average molecular weight is 463 g/mol. The van der Waals surface area contributed by atoms with Crippen molar-refractivity contribution >= 4 is 27.3 Å². The summed E-state index contributed by atoms with van der Waals surface area (Å²) in [6.45, 7) is 0.686. The minimum absolute atomic E-state index is 0.125. The summed E-state index contributed by atoms with van der Waals surface area (Å²) in [4.78, 5) is 14.7. The number of carbonyl (C=O) groups is 1. The number of hydrogen-bond donors (Lipinski definition) is 1. The molecule has 6 nitrogen and oxygen atoms in total. The zero-order valence-corrected chi connectivity index (χ0v) is 19.3. The number of fused-ring (bicyclic) bond motifs is 1. The fourth-order valence-electron chi connectivity index (χ4n) is 4.24. The molecule has 1 N–H and O–H groups in total. The van der Waals surface area contributed by atoms with Gasteiger partial charge in [0.2, 0.25) is 5.91 Å². The van der Waals surface area contributed by atoms with Gasteiger partial charge in [-0.3, -0.25) is 9.52 Å². The number of ether oxygens (including phenoxy) is 1. The van der Waals surface area contributed by atoms with E-state index in [1.165, 1.54) is 0 Å². The van der Waals surface area contributed by atoms with E-state index in [1.807, 2.05) is 35.2 Å². The van der Waals surface area contributed by atoms with Gasteiger partial charge in [-0.1, -0.05) is 30.3 Å². The SMILES string of the molecule is COc1ccc(-c2ccc(S(=O)(=O)Nc3ccc4c(c3)N(C(=O)C3CC3)CCC4)cc2)cc1. The van der Waals surface area contributed by atoms with Crippen LogP contribution in [0.15, 0.2) is 71.6 Å². The number of nitrogens with zero attached hydrogens (tertiary/aromatic N) is 1. The van der Waals surface area contributed by atoms with Gasteiger partial charge in [0, 0.05) is 18.2 Å². The fourth-order valence-corrected chi connectivity index (χ4v) is 5.29. The van der Waals surface area contributed by atoms with Crippen LogP contribution in [-0.4, -0.2) is 28.0 Å². The number of sulfonamides is 1. The molecule has 0 saturated heterocycles. The van der Waals surface area contributed by atoms with E-state index in [0.717, 1.165) is 53.8 Å². The summed E-state index contributed by atoms with van der Waals surface area (Å²) in [7, 11) is -2.15. The molecule has 0 unspecified atom stereocenters. The molecule has 2 aliphatic rings. The van der Waals surface area contributed by atoms with Crippen molar-refractivity contribution in [3.8, 4) is 16.9 Å². The molecule has 0 atom stereocenters. The van der Waals surface area contributed by atoms with Crippen LogP contribution in [0.2, 0.25) is 0 Å². The van der Waals surface area contributed by atoms with Crippen LogP contribution in [-0.2, 0) is 21.2 Å². The third-order valence-corrected chi connectivity index (χ3v) is 7.63. The highest BCUT2D eigenvalue weighted by atomic mass is 32.2. The molecule has 0 aromatic heterocycles. The van der Waals surface area contributed by atoms with Gasteiger partial charge in [-0.15, -0.1) is 0 Å². The standard InChI is InChI=1S/C26H26N2O4S/c1-32-23-12-7-18(8-13-23)19-9-14-24(15-10-19)33(30,31)27-22-11-6-20-3-2-16-28(25(20)17-22)26(29)21-4-5-21/h6-15,17,21,27H,2-5,16H2,1H3. The van der Waals surface area contributed by atoms with E-state index in [2.05, 4.69) is 4.72 Å². The monoisotopic (exact) mass is 462 g/mol. The van der Waals surface area contributed by atoms with Crippen molar-refractivity contribution < 1.29 is 17.9 Å². The molecule has 33 heavy (non-hydrogen) atoms. The Hall–Kier alpha value is -3.32. The Morgan fingerprint density at radius 3 is 2.27 bits per heavy atom. The van der Waals surface area contributed by atoms with Gasteiger partial charge in [0.25, 0.3) is 10.0 Å². The molecule has 1 aliphatic heterocycles. The molecule has 7 heteroatoms. The molecule has 1 aliphatic carbocycles. The summed E-state index contributed by atoms with van der Waals surface area (Å²) in [5.74, 6) is 1.05. The lowest BCUT2D eigenvalue weighted by molar-refractivity contribution is -0.119. The normalized spacial score (nSPS) is 15.6. The van der Waals surface area contributed by atoms with Crippen LogP contribution in [0.4, 0.5) is 11.4 Å². The molecular formula is C26H26N2O4S. The van der Waals surface area contributed by atoms with Crippen LogP contribution in [0.1, 0.15) is 24.8 Å². The Morgan fingerprint density at radius 2 is 1.64 bits per heavy atom. The van der Waals surface area contributed by atoms with Crippen molar-refractivity contribution in [2.75, 3.05) is 23.3 Å². The Morgan fingerprint density at radius 1 is 0.970 bits per heavy atom. The number of amides is 1. The van der Waals surface area contributed by atoms with E-state index in [9.17, 15) is 13.2 Å². The van der Waals surface area contributed by atoms with Gasteiger partial charge < -0.3 is 9.64 Å². The summed E-state index contributed by atoms with van der Waals surface area (Å²) in [5, 5.41) is 0. The number of methoxy groups -OCH3 is 1. The molecular weight excluding hydrogens is 436 g/mol. The van der Waals surface area contributed by atoms with Crippen LogP contribution in [0, 0.1) is 5.92 Å². The van der Waals surface area contributed by atoms with Crippen molar-refractivity contribution in [2.24, 2.45) is 5.92 Å². The van der Waals surface area contributed by atoms with Gasteiger partial charge in [0.05, 0.1) is 17.7 Å². The van der Waals surface area contributed by atoms with E-state index >= 15 is 0 Å². The number of benzene rings is 3. The Balaban J connectivity index is 1.36. The number of nitrogens with one attached hydrogen (secondary N) is 1. The molecule has 5 rings (SSSR count). The van der Waals surface area contributed by atoms with Gasteiger partial charge in [0.15, 0.2) is 0 Å². The summed E-state index contributed by atoms with van der Waals surface area (Å²) >= 11 is 0. The second kappa shape index (κ2) is 8.56. The first-order valence-electron chi connectivity index (χ1n) is 11.2. The first-order valence-corrected chi connectivity index (χ1v) is 12.6. The Bertz CT molecular complexity index is 1280. The zero-order valence-electron chi connectivity index (χ0n) is 18.5. The van der Waals surface area contributed by atoms with E-state index in [0.29, 0.717) is 12.2 Å². The summed E-state index contributed by atoms with van der Waals surface area (Å²) < 4.78 is 33.9. The summed E-state index contributed by atoms with van der Waals surface area (Å²) in [6, 6.07) is 19.9. The molecule has 1 fully saturated rings. The number of carbonyl (C=O) groups excluding carboxylic acids is 1. The number of hydrogen-bond acceptors (Lipinski definition) is 4. The van der Waals surface area contributed by atoms with Crippen LogP contribution < -0.4 is 14.4 Å². The zero-order chi connectivity index (χ0) is 23.0. The van der Waals surface area contributed by atoms with Crippen molar-refractivity contribution in [3.63, 3.8) is 0 Å². The van der Waals surface area contributed by atoms with E-state index in [1.54, 1.807) is 43.5 Å². The first kappa shape index (κ1) is 21.5. The fraction of sp³-hybridized carbons (Fsp3) is 0.269. The minimum Gasteiger partial charge on any atom is -0.497 e. The van der Waals surface area contributed by atoms with Gasteiger partial charge in [-0.2, -0.15) is 0 Å². The smallest absolute Gasteiger partial charge is 0.261 e. The largest absolute Gasteiger partial charge is 0.497 e. The highest BCUT2D eigenvalue weighted by Crippen LogP contribution is 2.37. The van der Waals surface area contributed by atoms with Gasteiger partial charge >= 0.3 is 0 Å². The molecule has 3 aromatic rings. The maximum Gasteiger partial charge on any atom is 0.261 e.